The van der Waals surface area contributed by atoms with Crippen LogP contribution in [-0.2, 0) is 0 Å². The van der Waals surface area contributed by atoms with E-state index in [1.165, 1.54) is 0 Å². The Labute approximate surface area is 156 Å². The molecule has 27 heavy (non-hydrogen) atoms. The smallest absolute Gasteiger partial charge is 0.266 e. The van der Waals surface area contributed by atoms with Crippen LogP contribution in [0.25, 0.3) is 11.3 Å². The van der Waals surface area contributed by atoms with Crippen molar-refractivity contribution in [1.82, 2.24) is 15.2 Å². The average molecular weight is 358 g/mol. The van der Waals surface area contributed by atoms with Crippen molar-refractivity contribution in [2.45, 2.75) is 0 Å². The van der Waals surface area contributed by atoms with E-state index in [1.807, 2.05) is 30.3 Å². The highest BCUT2D eigenvalue weighted by molar-refractivity contribution is 5.74. The van der Waals surface area contributed by atoms with E-state index in [2.05, 4.69) is 31.1 Å². The number of nitriles is 1. The Kier molecular flexibility index (Phi) is 4.54. The van der Waals surface area contributed by atoms with Crippen LogP contribution in [0.3, 0.4) is 0 Å². The number of H-pyrrole nitrogens is 1. The normalized spacial score (nSPS) is 14.0. The second-order valence-electron chi connectivity index (χ2n) is 6.29. The van der Waals surface area contributed by atoms with Gasteiger partial charge in [0.25, 0.3) is 5.56 Å². The summed E-state index contributed by atoms with van der Waals surface area (Å²) in [4.78, 5) is 20.5. The lowest BCUT2D eigenvalue weighted by atomic mass is 10.1. The van der Waals surface area contributed by atoms with Gasteiger partial charge in [0.05, 0.1) is 11.3 Å². The minimum Gasteiger partial charge on any atom is -0.366 e. The van der Waals surface area contributed by atoms with E-state index >= 15 is 0 Å². The van der Waals surface area contributed by atoms with Gasteiger partial charge in [-0.2, -0.15) is 10.4 Å². The molecule has 3 heterocycles. The third kappa shape index (κ3) is 3.37. The Balaban J connectivity index is 1.60. The molecule has 134 valence electrons. The highest BCUT2D eigenvalue weighted by Gasteiger charge is 2.23. The first kappa shape index (κ1) is 16.8. The zero-order chi connectivity index (χ0) is 18.6. The van der Waals surface area contributed by atoms with Crippen LogP contribution in [0.1, 0.15) is 5.56 Å². The summed E-state index contributed by atoms with van der Waals surface area (Å²) in [6.07, 6.45) is 1.71. The first-order valence-electron chi connectivity index (χ1n) is 8.76. The molecular weight excluding hydrogens is 340 g/mol. The van der Waals surface area contributed by atoms with Crippen LogP contribution < -0.4 is 15.4 Å². The Morgan fingerprint density at radius 3 is 2.48 bits per heavy atom. The molecule has 4 rings (SSSR count). The molecule has 7 nitrogen and oxygen atoms in total. The maximum Gasteiger partial charge on any atom is 0.266 e. The van der Waals surface area contributed by atoms with Crippen LogP contribution in [0, 0.1) is 11.3 Å². The quantitative estimate of drug-likeness (QED) is 0.771. The van der Waals surface area contributed by atoms with Gasteiger partial charge in [-0.25, -0.2) is 10.1 Å². The minimum absolute atomic E-state index is 0.219. The number of nitrogens with zero attached hydrogens (tertiary/aromatic N) is 5. The van der Waals surface area contributed by atoms with Crippen molar-refractivity contribution in [2.75, 3.05) is 36.0 Å². The van der Waals surface area contributed by atoms with Crippen LogP contribution in [-0.4, -0.2) is 41.4 Å². The predicted molar refractivity (Wildman–Crippen MR) is 104 cm³/mol. The van der Waals surface area contributed by atoms with Gasteiger partial charge in [0.15, 0.2) is 0 Å². The Hall–Kier alpha value is -3.66. The number of aromatic amines is 1. The molecule has 1 fully saturated rings. The van der Waals surface area contributed by atoms with E-state index in [0.717, 1.165) is 16.9 Å². The van der Waals surface area contributed by atoms with Crippen molar-refractivity contribution in [1.29, 1.82) is 5.26 Å². The number of benzene rings is 1. The SMILES string of the molecule is N#Cc1cccnc1N1CCN(c2cc(=O)[nH]nc2-c2ccccc2)CC1. The van der Waals surface area contributed by atoms with E-state index < -0.39 is 0 Å². The Bertz CT molecular complexity index is 1030. The molecule has 0 radical (unpaired) electrons. The summed E-state index contributed by atoms with van der Waals surface area (Å²) in [5.74, 6) is 0.715. The number of rotatable bonds is 3. The summed E-state index contributed by atoms with van der Waals surface area (Å²) in [5, 5.41) is 16.1. The van der Waals surface area contributed by atoms with Crippen LogP contribution in [0.4, 0.5) is 11.5 Å². The van der Waals surface area contributed by atoms with Crippen LogP contribution in [0.2, 0.25) is 0 Å². The predicted octanol–water partition coefficient (Wildman–Crippen LogP) is 2.03. The van der Waals surface area contributed by atoms with Gasteiger partial charge in [-0.15, -0.1) is 0 Å². The first-order valence-corrected chi connectivity index (χ1v) is 8.76. The molecular formula is C20H18N6O. The standard InChI is InChI=1S/C20H18N6O/c21-14-16-7-4-8-22-20(16)26-11-9-25(10-12-26)17-13-18(27)23-24-19(17)15-5-2-1-3-6-15/h1-8,13H,9-12H2,(H,23,27). The zero-order valence-corrected chi connectivity index (χ0v) is 14.7. The molecule has 0 amide bonds. The molecule has 0 spiro atoms. The van der Waals surface area contributed by atoms with Gasteiger partial charge in [0.1, 0.15) is 17.6 Å². The highest BCUT2D eigenvalue weighted by Crippen LogP contribution is 2.28. The molecule has 0 aliphatic carbocycles. The van der Waals surface area contributed by atoms with E-state index in [-0.39, 0.29) is 5.56 Å². The average Bonchev–Trinajstić information content (AvgIpc) is 2.74. The van der Waals surface area contributed by atoms with Gasteiger partial charge >= 0.3 is 0 Å². The fourth-order valence-electron chi connectivity index (χ4n) is 3.34. The van der Waals surface area contributed by atoms with E-state index in [1.54, 1.807) is 24.4 Å². The Morgan fingerprint density at radius 1 is 1.00 bits per heavy atom. The molecule has 1 aliphatic heterocycles. The summed E-state index contributed by atoms with van der Waals surface area (Å²) < 4.78 is 0. The lowest BCUT2D eigenvalue weighted by Gasteiger charge is -2.37. The lowest BCUT2D eigenvalue weighted by Crippen LogP contribution is -2.47. The fourth-order valence-corrected chi connectivity index (χ4v) is 3.34. The molecule has 0 unspecified atom stereocenters. The maximum atomic E-state index is 11.9. The molecule has 7 heteroatoms. The van der Waals surface area contributed by atoms with Crippen molar-refractivity contribution in [3.8, 4) is 17.3 Å². The number of piperazine rings is 1. The van der Waals surface area contributed by atoms with Crippen molar-refractivity contribution < 1.29 is 0 Å². The van der Waals surface area contributed by atoms with Crippen molar-refractivity contribution in [3.63, 3.8) is 0 Å². The largest absolute Gasteiger partial charge is 0.366 e. The van der Waals surface area contributed by atoms with Crippen LogP contribution >= 0.6 is 0 Å². The van der Waals surface area contributed by atoms with Crippen LogP contribution in [0.5, 0.6) is 0 Å². The monoisotopic (exact) mass is 358 g/mol. The number of hydrogen-bond donors (Lipinski definition) is 1. The van der Waals surface area contributed by atoms with E-state index in [9.17, 15) is 10.1 Å². The molecule has 0 bridgehead atoms. The second-order valence-corrected chi connectivity index (χ2v) is 6.29. The summed E-state index contributed by atoms with van der Waals surface area (Å²) in [6.45, 7) is 2.86. The summed E-state index contributed by atoms with van der Waals surface area (Å²) >= 11 is 0. The summed E-state index contributed by atoms with van der Waals surface area (Å²) in [6, 6.07) is 17.2. The third-order valence-electron chi connectivity index (χ3n) is 4.66. The van der Waals surface area contributed by atoms with Gasteiger partial charge < -0.3 is 9.80 Å². The van der Waals surface area contributed by atoms with Crippen LogP contribution in [0.15, 0.2) is 59.5 Å². The first-order chi connectivity index (χ1) is 13.3. The van der Waals surface area contributed by atoms with E-state index in [0.29, 0.717) is 37.6 Å². The summed E-state index contributed by atoms with van der Waals surface area (Å²) in [5.41, 5.74) is 2.91. The van der Waals surface area contributed by atoms with Crippen molar-refractivity contribution >= 4 is 11.5 Å². The molecule has 1 aliphatic rings. The molecule has 3 aromatic rings. The number of aromatic nitrogens is 3. The number of pyridine rings is 1. The topological polar surface area (TPSA) is 88.9 Å². The second kappa shape index (κ2) is 7.30. The Morgan fingerprint density at radius 2 is 1.74 bits per heavy atom. The summed E-state index contributed by atoms with van der Waals surface area (Å²) in [7, 11) is 0. The van der Waals surface area contributed by atoms with Gasteiger partial charge in [-0.1, -0.05) is 30.3 Å². The molecule has 0 atom stereocenters. The lowest BCUT2D eigenvalue weighted by molar-refractivity contribution is 0.645. The molecule has 0 saturated carbocycles. The zero-order valence-electron chi connectivity index (χ0n) is 14.7. The van der Waals surface area contributed by atoms with Crippen molar-refractivity contribution in [2.24, 2.45) is 0 Å². The van der Waals surface area contributed by atoms with Gasteiger partial charge in [0.2, 0.25) is 0 Å². The number of hydrogen-bond acceptors (Lipinski definition) is 6. The highest BCUT2D eigenvalue weighted by atomic mass is 16.1. The van der Waals surface area contributed by atoms with Gasteiger partial charge in [-0.3, -0.25) is 4.79 Å². The van der Waals surface area contributed by atoms with Crippen molar-refractivity contribution in [3.05, 3.63) is 70.6 Å². The van der Waals surface area contributed by atoms with Gasteiger partial charge in [0, 0.05) is 44.0 Å². The molecule has 1 saturated heterocycles. The van der Waals surface area contributed by atoms with E-state index in [4.69, 9.17) is 0 Å². The molecule has 1 aromatic carbocycles. The number of anilines is 2. The molecule has 1 N–H and O–H groups in total. The third-order valence-corrected chi connectivity index (χ3v) is 4.66. The maximum absolute atomic E-state index is 11.9. The van der Waals surface area contributed by atoms with Gasteiger partial charge in [-0.05, 0) is 12.1 Å². The fraction of sp³-hybridized carbons (Fsp3) is 0.200. The minimum atomic E-state index is -0.219. The number of nitrogens with one attached hydrogen (secondary N) is 1. The molecule has 2 aromatic heterocycles.